The van der Waals surface area contributed by atoms with Gasteiger partial charge in [-0.1, -0.05) is 13.8 Å². The lowest BCUT2D eigenvalue weighted by atomic mass is 10.1. The number of amides is 1. The fourth-order valence-electron chi connectivity index (χ4n) is 2.12. The molecule has 0 fully saturated rings. The van der Waals surface area contributed by atoms with E-state index >= 15 is 0 Å². The largest absolute Gasteiger partial charge is 0.399 e. The van der Waals surface area contributed by atoms with E-state index in [1.165, 1.54) is 0 Å². The van der Waals surface area contributed by atoms with Gasteiger partial charge >= 0.3 is 0 Å². The van der Waals surface area contributed by atoms with Crippen LogP contribution in [0, 0.1) is 5.92 Å². The maximum atomic E-state index is 12.2. The van der Waals surface area contributed by atoms with Gasteiger partial charge < -0.3 is 20.8 Å². The fourth-order valence-corrected chi connectivity index (χ4v) is 2.12. The second kappa shape index (κ2) is 7.13. The predicted octanol–water partition coefficient (Wildman–Crippen LogP) is 2.54. The standard InChI is InChI=1S/C16H23N3O2/c1-11(2)10-21-7-3-6-18-16(20)14-9-19-15-5-4-12(17)8-13(14)15/h4-5,8-9,11,19H,3,6-7,10,17H2,1-2H3,(H,18,20). The number of benzene rings is 1. The summed E-state index contributed by atoms with van der Waals surface area (Å²) in [6.07, 6.45) is 2.53. The number of anilines is 1. The molecule has 2 rings (SSSR count). The van der Waals surface area contributed by atoms with Crippen molar-refractivity contribution in [3.63, 3.8) is 0 Å². The number of rotatable bonds is 7. The number of hydrogen-bond donors (Lipinski definition) is 3. The van der Waals surface area contributed by atoms with E-state index in [9.17, 15) is 4.79 Å². The molecule has 0 unspecified atom stereocenters. The molecule has 1 amide bonds. The summed E-state index contributed by atoms with van der Waals surface area (Å²) >= 11 is 0. The van der Waals surface area contributed by atoms with Gasteiger partial charge in [0.1, 0.15) is 0 Å². The molecule has 0 saturated carbocycles. The monoisotopic (exact) mass is 289 g/mol. The zero-order chi connectivity index (χ0) is 15.2. The summed E-state index contributed by atoms with van der Waals surface area (Å²) in [5.41, 5.74) is 7.96. The molecule has 5 heteroatoms. The van der Waals surface area contributed by atoms with Gasteiger partial charge in [0.25, 0.3) is 5.91 Å². The van der Waals surface area contributed by atoms with E-state index in [2.05, 4.69) is 24.1 Å². The molecule has 5 nitrogen and oxygen atoms in total. The van der Waals surface area contributed by atoms with Crippen LogP contribution in [0.15, 0.2) is 24.4 Å². The van der Waals surface area contributed by atoms with E-state index in [0.717, 1.165) is 23.9 Å². The van der Waals surface area contributed by atoms with Gasteiger partial charge in [0.15, 0.2) is 0 Å². The van der Waals surface area contributed by atoms with E-state index in [0.29, 0.717) is 30.3 Å². The minimum absolute atomic E-state index is 0.0873. The van der Waals surface area contributed by atoms with Gasteiger partial charge in [-0.2, -0.15) is 0 Å². The number of carbonyl (C=O) groups is 1. The van der Waals surface area contributed by atoms with Crippen molar-refractivity contribution in [1.29, 1.82) is 0 Å². The molecule has 1 heterocycles. The van der Waals surface area contributed by atoms with Crippen molar-refractivity contribution in [1.82, 2.24) is 10.3 Å². The molecule has 0 aliphatic rings. The molecule has 1 aromatic heterocycles. The molecule has 114 valence electrons. The molecule has 1 aromatic carbocycles. The Labute approximate surface area is 124 Å². The first-order chi connectivity index (χ1) is 10.1. The minimum Gasteiger partial charge on any atom is -0.399 e. The maximum Gasteiger partial charge on any atom is 0.253 e. The molecule has 2 aromatic rings. The van der Waals surface area contributed by atoms with Crippen LogP contribution in [0.3, 0.4) is 0 Å². The molecule has 0 spiro atoms. The van der Waals surface area contributed by atoms with Crippen LogP contribution in [0.1, 0.15) is 30.6 Å². The normalized spacial score (nSPS) is 11.2. The Balaban J connectivity index is 1.84. The predicted molar refractivity (Wildman–Crippen MR) is 85.3 cm³/mol. The average molecular weight is 289 g/mol. The third kappa shape index (κ3) is 4.23. The number of H-pyrrole nitrogens is 1. The smallest absolute Gasteiger partial charge is 0.253 e. The van der Waals surface area contributed by atoms with Crippen molar-refractivity contribution in [2.45, 2.75) is 20.3 Å². The Kier molecular flexibility index (Phi) is 5.22. The topological polar surface area (TPSA) is 80.1 Å². The van der Waals surface area contributed by atoms with Crippen LogP contribution in [0.5, 0.6) is 0 Å². The summed E-state index contributed by atoms with van der Waals surface area (Å²) in [7, 11) is 0. The van der Waals surface area contributed by atoms with E-state index in [1.54, 1.807) is 6.20 Å². The fraction of sp³-hybridized carbons (Fsp3) is 0.438. The van der Waals surface area contributed by atoms with Crippen LogP contribution in [0.2, 0.25) is 0 Å². The van der Waals surface area contributed by atoms with Gasteiger partial charge in [-0.25, -0.2) is 0 Å². The molecule has 0 atom stereocenters. The average Bonchev–Trinajstić information content (AvgIpc) is 2.85. The number of aromatic nitrogens is 1. The third-order valence-electron chi connectivity index (χ3n) is 3.15. The number of carbonyl (C=O) groups excluding carboxylic acids is 1. The Morgan fingerprint density at radius 1 is 1.43 bits per heavy atom. The highest BCUT2D eigenvalue weighted by molar-refractivity contribution is 6.07. The van der Waals surface area contributed by atoms with Crippen molar-refractivity contribution < 1.29 is 9.53 Å². The molecule has 4 N–H and O–H groups in total. The number of aromatic amines is 1. The highest BCUT2D eigenvalue weighted by atomic mass is 16.5. The Morgan fingerprint density at radius 2 is 2.24 bits per heavy atom. The lowest BCUT2D eigenvalue weighted by Gasteiger charge is -2.07. The van der Waals surface area contributed by atoms with Crippen LogP contribution in [-0.4, -0.2) is 30.6 Å². The highest BCUT2D eigenvalue weighted by Crippen LogP contribution is 2.20. The summed E-state index contributed by atoms with van der Waals surface area (Å²) in [5.74, 6) is 0.451. The number of fused-ring (bicyclic) bond motifs is 1. The number of ether oxygens (including phenoxy) is 1. The Morgan fingerprint density at radius 3 is 3.00 bits per heavy atom. The van der Waals surface area contributed by atoms with Gasteiger partial charge in [-0.05, 0) is 30.5 Å². The quantitative estimate of drug-likeness (QED) is 0.541. The van der Waals surface area contributed by atoms with Crippen LogP contribution < -0.4 is 11.1 Å². The zero-order valence-corrected chi connectivity index (χ0v) is 12.6. The van der Waals surface area contributed by atoms with Gasteiger partial charge in [0.05, 0.1) is 5.56 Å². The lowest BCUT2D eigenvalue weighted by Crippen LogP contribution is -2.25. The first-order valence-corrected chi connectivity index (χ1v) is 7.30. The lowest BCUT2D eigenvalue weighted by molar-refractivity contribution is 0.0926. The van der Waals surface area contributed by atoms with Crippen LogP contribution >= 0.6 is 0 Å². The van der Waals surface area contributed by atoms with Crippen molar-refractivity contribution in [2.75, 3.05) is 25.5 Å². The number of hydrogen-bond acceptors (Lipinski definition) is 3. The summed E-state index contributed by atoms with van der Waals surface area (Å²) < 4.78 is 5.48. The minimum atomic E-state index is -0.0873. The molecular weight excluding hydrogens is 266 g/mol. The maximum absolute atomic E-state index is 12.2. The second-order valence-electron chi connectivity index (χ2n) is 5.59. The molecule has 0 saturated heterocycles. The van der Waals surface area contributed by atoms with Gasteiger partial charge in [-0.15, -0.1) is 0 Å². The van der Waals surface area contributed by atoms with E-state index in [-0.39, 0.29) is 5.91 Å². The SMILES string of the molecule is CC(C)COCCCNC(=O)c1c[nH]c2ccc(N)cc12. The zero-order valence-electron chi connectivity index (χ0n) is 12.6. The van der Waals surface area contributed by atoms with E-state index in [1.807, 2.05) is 18.2 Å². The summed E-state index contributed by atoms with van der Waals surface area (Å²) in [4.78, 5) is 15.2. The number of nitrogen functional groups attached to an aromatic ring is 1. The van der Waals surface area contributed by atoms with Gasteiger partial charge in [0.2, 0.25) is 0 Å². The first-order valence-electron chi connectivity index (χ1n) is 7.30. The first kappa shape index (κ1) is 15.4. The van der Waals surface area contributed by atoms with Crippen molar-refractivity contribution in [3.05, 3.63) is 30.0 Å². The van der Waals surface area contributed by atoms with Crippen molar-refractivity contribution in [3.8, 4) is 0 Å². The molecule has 0 aliphatic heterocycles. The second-order valence-corrected chi connectivity index (χ2v) is 5.59. The van der Waals surface area contributed by atoms with E-state index in [4.69, 9.17) is 10.5 Å². The Hall–Kier alpha value is -2.01. The van der Waals surface area contributed by atoms with Gasteiger partial charge in [0, 0.05) is 42.5 Å². The number of nitrogens with two attached hydrogens (primary N) is 1. The van der Waals surface area contributed by atoms with Crippen LogP contribution in [-0.2, 0) is 4.74 Å². The molecule has 0 radical (unpaired) electrons. The highest BCUT2D eigenvalue weighted by Gasteiger charge is 2.11. The third-order valence-corrected chi connectivity index (χ3v) is 3.15. The van der Waals surface area contributed by atoms with Crippen LogP contribution in [0.4, 0.5) is 5.69 Å². The van der Waals surface area contributed by atoms with Crippen LogP contribution in [0.25, 0.3) is 10.9 Å². The summed E-state index contributed by atoms with van der Waals surface area (Å²) in [5, 5.41) is 3.76. The molecular formula is C16H23N3O2. The molecule has 0 bridgehead atoms. The van der Waals surface area contributed by atoms with Gasteiger partial charge in [-0.3, -0.25) is 4.79 Å². The van der Waals surface area contributed by atoms with Crippen molar-refractivity contribution >= 4 is 22.5 Å². The molecule has 21 heavy (non-hydrogen) atoms. The molecule has 0 aliphatic carbocycles. The summed E-state index contributed by atoms with van der Waals surface area (Å²) in [6.45, 7) is 6.26. The van der Waals surface area contributed by atoms with Crippen molar-refractivity contribution in [2.24, 2.45) is 5.92 Å². The van der Waals surface area contributed by atoms with E-state index < -0.39 is 0 Å². The number of nitrogens with one attached hydrogen (secondary N) is 2. The summed E-state index contributed by atoms with van der Waals surface area (Å²) in [6, 6.07) is 5.50. The Bertz CT molecular complexity index is 605.